The van der Waals surface area contributed by atoms with Gasteiger partial charge in [-0.15, -0.1) is 0 Å². The smallest absolute Gasteiger partial charge is 0.273 e. The van der Waals surface area contributed by atoms with Crippen molar-refractivity contribution in [1.82, 2.24) is 10.3 Å². The topological polar surface area (TPSA) is 62.2 Å². The van der Waals surface area contributed by atoms with E-state index in [9.17, 15) is 9.90 Å². The van der Waals surface area contributed by atoms with E-state index in [1.165, 1.54) is 12.8 Å². The number of pyridine rings is 1. The number of nitrogens with zero attached hydrogens (tertiary/aromatic N) is 1. The van der Waals surface area contributed by atoms with Crippen molar-refractivity contribution >= 4 is 5.91 Å². The second-order valence-corrected chi connectivity index (χ2v) is 7.14. The number of aryl methyl sites for hydroxylation is 1. The zero-order chi connectivity index (χ0) is 15.6. The number of aromatic hydroxyl groups is 1. The van der Waals surface area contributed by atoms with Crippen LogP contribution in [0.15, 0.2) is 12.3 Å². The van der Waals surface area contributed by atoms with Crippen molar-refractivity contribution in [3.05, 3.63) is 23.5 Å². The van der Waals surface area contributed by atoms with Gasteiger partial charge >= 0.3 is 0 Å². The summed E-state index contributed by atoms with van der Waals surface area (Å²) in [7, 11) is 0. The van der Waals surface area contributed by atoms with Crippen molar-refractivity contribution in [2.75, 3.05) is 0 Å². The third-order valence-electron chi connectivity index (χ3n) is 4.63. The van der Waals surface area contributed by atoms with E-state index in [0.29, 0.717) is 11.5 Å². The Hall–Kier alpha value is -1.58. The van der Waals surface area contributed by atoms with Crippen molar-refractivity contribution in [3.63, 3.8) is 0 Å². The number of rotatable bonds is 2. The van der Waals surface area contributed by atoms with Gasteiger partial charge in [0.05, 0.1) is 0 Å². The Bertz CT molecular complexity index is 526. The zero-order valence-corrected chi connectivity index (χ0v) is 13.4. The Morgan fingerprint density at radius 1 is 1.48 bits per heavy atom. The molecule has 1 saturated carbocycles. The molecule has 1 fully saturated rings. The maximum absolute atomic E-state index is 12.4. The summed E-state index contributed by atoms with van der Waals surface area (Å²) in [6, 6.07) is 1.83. The van der Waals surface area contributed by atoms with E-state index in [2.05, 4.69) is 31.1 Å². The van der Waals surface area contributed by atoms with Gasteiger partial charge in [-0.2, -0.15) is 0 Å². The summed E-state index contributed by atoms with van der Waals surface area (Å²) in [5, 5.41) is 13.1. The molecule has 1 aliphatic rings. The minimum atomic E-state index is -0.272. The normalized spacial score (nSPS) is 25.1. The molecule has 1 heterocycles. The Morgan fingerprint density at radius 3 is 2.90 bits per heavy atom. The molecule has 21 heavy (non-hydrogen) atoms. The van der Waals surface area contributed by atoms with Crippen LogP contribution in [0.4, 0.5) is 0 Å². The Morgan fingerprint density at radius 2 is 2.19 bits per heavy atom. The average molecular weight is 290 g/mol. The lowest BCUT2D eigenvalue weighted by Gasteiger charge is -2.29. The first-order valence-electron chi connectivity index (χ1n) is 7.75. The summed E-state index contributed by atoms with van der Waals surface area (Å²) in [5.74, 6) is 0.156. The molecular formula is C17H26N2O2. The third kappa shape index (κ3) is 3.74. The second kappa shape index (κ2) is 6.04. The molecule has 4 heteroatoms. The zero-order valence-electron chi connectivity index (χ0n) is 13.4. The molecule has 0 aromatic carbocycles. The van der Waals surface area contributed by atoms with Crippen LogP contribution in [0, 0.1) is 18.3 Å². The fraction of sp³-hybridized carbons (Fsp3) is 0.647. The van der Waals surface area contributed by atoms with E-state index >= 15 is 0 Å². The van der Waals surface area contributed by atoms with Crippen LogP contribution < -0.4 is 5.32 Å². The lowest BCUT2D eigenvalue weighted by atomic mass is 9.82. The standard InChI is InChI=1S/C17H26N2O2/c1-11-6-5-8-17(3,4)10-13(11)19-16(21)14-15(20)12(2)7-9-18-14/h7,9,11,13,20H,5-6,8,10H2,1-4H3,(H,19,21). The molecule has 2 N–H and O–H groups in total. The Kier molecular flexibility index (Phi) is 4.55. The molecule has 2 atom stereocenters. The van der Waals surface area contributed by atoms with Crippen LogP contribution in [-0.4, -0.2) is 22.0 Å². The lowest BCUT2D eigenvalue weighted by Crippen LogP contribution is -2.41. The van der Waals surface area contributed by atoms with Crippen molar-refractivity contribution in [2.45, 2.75) is 59.4 Å². The molecule has 1 aliphatic carbocycles. The number of amides is 1. The SMILES string of the molecule is Cc1ccnc(C(=O)NC2CC(C)(C)CCCC2C)c1O. The predicted octanol–water partition coefficient (Wildman–Crippen LogP) is 3.43. The van der Waals surface area contributed by atoms with Crippen molar-refractivity contribution < 1.29 is 9.90 Å². The van der Waals surface area contributed by atoms with Crippen LogP contribution in [0.3, 0.4) is 0 Å². The summed E-state index contributed by atoms with van der Waals surface area (Å²) in [6.45, 7) is 8.47. The van der Waals surface area contributed by atoms with Crippen molar-refractivity contribution in [1.29, 1.82) is 0 Å². The first-order chi connectivity index (χ1) is 9.80. The molecule has 2 rings (SSSR count). The minimum absolute atomic E-state index is 0.0180. The van der Waals surface area contributed by atoms with E-state index in [4.69, 9.17) is 0 Å². The number of hydrogen-bond donors (Lipinski definition) is 2. The third-order valence-corrected chi connectivity index (χ3v) is 4.63. The van der Waals surface area contributed by atoms with E-state index in [1.54, 1.807) is 19.2 Å². The molecule has 1 aromatic heterocycles. The Labute approximate surface area is 127 Å². The fourth-order valence-corrected chi connectivity index (χ4v) is 3.15. The number of hydrogen-bond acceptors (Lipinski definition) is 3. The highest BCUT2D eigenvalue weighted by Crippen LogP contribution is 2.36. The summed E-state index contributed by atoms with van der Waals surface area (Å²) in [4.78, 5) is 16.4. The number of carbonyl (C=O) groups is 1. The van der Waals surface area contributed by atoms with Gasteiger partial charge in [0.25, 0.3) is 5.91 Å². The lowest BCUT2D eigenvalue weighted by molar-refractivity contribution is 0.0903. The monoisotopic (exact) mass is 290 g/mol. The molecule has 1 aromatic rings. The van der Waals surface area contributed by atoms with Gasteiger partial charge in [0.1, 0.15) is 5.75 Å². The molecule has 116 valence electrons. The van der Waals surface area contributed by atoms with Gasteiger partial charge in [0, 0.05) is 12.2 Å². The van der Waals surface area contributed by atoms with Gasteiger partial charge in [-0.25, -0.2) is 4.98 Å². The number of nitrogens with one attached hydrogen (secondary N) is 1. The van der Waals surface area contributed by atoms with Gasteiger partial charge in [0.15, 0.2) is 5.69 Å². The van der Waals surface area contributed by atoms with Crippen LogP contribution in [0.5, 0.6) is 5.75 Å². The van der Waals surface area contributed by atoms with E-state index in [1.807, 2.05) is 0 Å². The van der Waals surface area contributed by atoms with Gasteiger partial charge < -0.3 is 10.4 Å². The van der Waals surface area contributed by atoms with Crippen LogP contribution >= 0.6 is 0 Å². The molecule has 4 nitrogen and oxygen atoms in total. The minimum Gasteiger partial charge on any atom is -0.505 e. The van der Waals surface area contributed by atoms with E-state index in [0.717, 1.165) is 12.8 Å². The van der Waals surface area contributed by atoms with Crippen LogP contribution in [0.1, 0.15) is 62.5 Å². The highest BCUT2D eigenvalue weighted by molar-refractivity contribution is 5.95. The average Bonchev–Trinajstić information content (AvgIpc) is 2.52. The number of aromatic nitrogens is 1. The highest BCUT2D eigenvalue weighted by Gasteiger charge is 2.32. The van der Waals surface area contributed by atoms with Gasteiger partial charge in [-0.05, 0) is 49.1 Å². The van der Waals surface area contributed by atoms with E-state index < -0.39 is 0 Å². The molecular weight excluding hydrogens is 264 g/mol. The largest absolute Gasteiger partial charge is 0.505 e. The van der Waals surface area contributed by atoms with Crippen LogP contribution in [-0.2, 0) is 0 Å². The predicted molar refractivity (Wildman–Crippen MR) is 83.3 cm³/mol. The van der Waals surface area contributed by atoms with Crippen molar-refractivity contribution in [2.24, 2.45) is 11.3 Å². The van der Waals surface area contributed by atoms with Gasteiger partial charge in [-0.1, -0.05) is 27.2 Å². The summed E-state index contributed by atoms with van der Waals surface area (Å²) >= 11 is 0. The summed E-state index contributed by atoms with van der Waals surface area (Å²) in [5.41, 5.74) is 1.04. The van der Waals surface area contributed by atoms with Gasteiger partial charge in [-0.3, -0.25) is 4.79 Å². The van der Waals surface area contributed by atoms with Crippen molar-refractivity contribution in [3.8, 4) is 5.75 Å². The first kappa shape index (κ1) is 15.8. The Balaban J connectivity index is 2.15. The second-order valence-electron chi connectivity index (χ2n) is 7.14. The molecule has 0 radical (unpaired) electrons. The first-order valence-corrected chi connectivity index (χ1v) is 7.75. The maximum atomic E-state index is 12.4. The molecule has 1 amide bonds. The highest BCUT2D eigenvalue weighted by atomic mass is 16.3. The molecule has 0 aliphatic heterocycles. The quantitative estimate of drug-likeness (QED) is 0.820. The van der Waals surface area contributed by atoms with Crippen LogP contribution in [0.25, 0.3) is 0 Å². The maximum Gasteiger partial charge on any atom is 0.273 e. The summed E-state index contributed by atoms with van der Waals surface area (Å²) < 4.78 is 0. The number of carbonyl (C=O) groups excluding carboxylic acids is 1. The molecule has 0 saturated heterocycles. The summed E-state index contributed by atoms with van der Waals surface area (Å²) in [6.07, 6.45) is 6.05. The molecule has 0 bridgehead atoms. The molecule has 0 spiro atoms. The molecule has 2 unspecified atom stereocenters. The fourth-order valence-electron chi connectivity index (χ4n) is 3.15. The van der Waals surface area contributed by atoms with Gasteiger partial charge in [0.2, 0.25) is 0 Å². The van der Waals surface area contributed by atoms with E-state index in [-0.39, 0.29) is 28.8 Å². The van der Waals surface area contributed by atoms with Crippen LogP contribution in [0.2, 0.25) is 0 Å².